The molecule has 1 aromatic rings. The number of carbonyl (C=O) groups excluding carboxylic acids is 1. The Morgan fingerprint density at radius 3 is 2.25 bits per heavy atom. The Bertz CT molecular complexity index is 418. The van der Waals surface area contributed by atoms with Crippen LogP contribution >= 0.6 is 0 Å². The third-order valence-electron chi connectivity index (χ3n) is 3.09. The molecule has 0 saturated carbocycles. The SMILES string of the molecule is CC1(C)N(O)C(=O)NC1(O)c1ccccc1. The van der Waals surface area contributed by atoms with Crippen molar-refractivity contribution in [3.05, 3.63) is 35.9 Å². The molecule has 0 aliphatic carbocycles. The third-order valence-corrected chi connectivity index (χ3v) is 3.09. The lowest BCUT2D eigenvalue weighted by atomic mass is 9.86. The van der Waals surface area contributed by atoms with Crippen molar-refractivity contribution >= 4 is 6.03 Å². The Labute approximate surface area is 93.3 Å². The summed E-state index contributed by atoms with van der Waals surface area (Å²) in [5, 5.41) is 23.0. The Kier molecular flexibility index (Phi) is 2.18. The quantitative estimate of drug-likeness (QED) is 0.621. The molecule has 0 aromatic heterocycles. The number of urea groups is 1. The normalized spacial score (nSPS) is 28.0. The Morgan fingerprint density at radius 1 is 1.25 bits per heavy atom. The van der Waals surface area contributed by atoms with Crippen molar-refractivity contribution in [2.45, 2.75) is 25.1 Å². The van der Waals surface area contributed by atoms with E-state index in [1.807, 2.05) is 6.07 Å². The summed E-state index contributed by atoms with van der Waals surface area (Å²) in [5.74, 6) is 0. The molecule has 2 rings (SSSR count). The monoisotopic (exact) mass is 222 g/mol. The van der Waals surface area contributed by atoms with Crippen molar-refractivity contribution in [1.82, 2.24) is 10.4 Å². The van der Waals surface area contributed by atoms with Gasteiger partial charge < -0.3 is 10.4 Å². The maximum absolute atomic E-state index is 11.4. The van der Waals surface area contributed by atoms with Crippen molar-refractivity contribution in [2.75, 3.05) is 0 Å². The molecule has 1 unspecified atom stereocenters. The highest BCUT2D eigenvalue weighted by Gasteiger charge is 2.58. The van der Waals surface area contributed by atoms with E-state index in [0.29, 0.717) is 10.6 Å². The summed E-state index contributed by atoms with van der Waals surface area (Å²) in [6.45, 7) is 3.16. The first-order valence-corrected chi connectivity index (χ1v) is 4.99. The summed E-state index contributed by atoms with van der Waals surface area (Å²) < 4.78 is 0. The van der Waals surface area contributed by atoms with Crippen molar-refractivity contribution in [2.24, 2.45) is 0 Å². The first-order chi connectivity index (χ1) is 7.39. The van der Waals surface area contributed by atoms with Crippen LogP contribution < -0.4 is 5.32 Å². The summed E-state index contributed by atoms with van der Waals surface area (Å²) in [5.41, 5.74) is -2.20. The number of hydrogen-bond acceptors (Lipinski definition) is 3. The minimum atomic E-state index is -1.60. The molecular formula is C11H14N2O3. The van der Waals surface area contributed by atoms with Crippen LogP contribution in [0.2, 0.25) is 0 Å². The van der Waals surface area contributed by atoms with E-state index in [9.17, 15) is 15.1 Å². The number of rotatable bonds is 1. The van der Waals surface area contributed by atoms with Crippen LogP contribution in [0.5, 0.6) is 0 Å². The molecule has 0 bridgehead atoms. The van der Waals surface area contributed by atoms with Crippen molar-refractivity contribution in [3.63, 3.8) is 0 Å². The summed E-state index contributed by atoms with van der Waals surface area (Å²) in [6.07, 6.45) is 0. The molecule has 0 radical (unpaired) electrons. The number of hydrogen-bond donors (Lipinski definition) is 3. The smallest absolute Gasteiger partial charge is 0.344 e. The van der Waals surface area contributed by atoms with Gasteiger partial charge in [-0.2, -0.15) is 5.06 Å². The number of amides is 2. The number of carbonyl (C=O) groups is 1. The second-order valence-corrected chi connectivity index (χ2v) is 4.38. The minimum Gasteiger partial charge on any atom is -0.365 e. The average molecular weight is 222 g/mol. The van der Waals surface area contributed by atoms with E-state index in [4.69, 9.17) is 0 Å². The molecule has 5 heteroatoms. The third kappa shape index (κ3) is 1.22. The average Bonchev–Trinajstić information content (AvgIpc) is 2.42. The van der Waals surface area contributed by atoms with Crippen LogP contribution in [0.15, 0.2) is 30.3 Å². The van der Waals surface area contributed by atoms with Crippen LogP contribution in [0, 0.1) is 0 Å². The summed E-state index contributed by atoms with van der Waals surface area (Å²) in [6, 6.07) is 8.01. The molecule has 0 spiro atoms. The van der Waals surface area contributed by atoms with Gasteiger partial charge in [0.15, 0.2) is 5.72 Å². The van der Waals surface area contributed by atoms with Gasteiger partial charge in [-0.25, -0.2) is 4.79 Å². The van der Waals surface area contributed by atoms with Gasteiger partial charge in [-0.05, 0) is 13.8 Å². The Morgan fingerprint density at radius 2 is 1.81 bits per heavy atom. The molecule has 1 fully saturated rings. The maximum Gasteiger partial charge on any atom is 0.344 e. The van der Waals surface area contributed by atoms with E-state index in [1.54, 1.807) is 38.1 Å². The zero-order chi connectivity index (χ0) is 12.0. The fourth-order valence-corrected chi connectivity index (χ4v) is 1.87. The van der Waals surface area contributed by atoms with E-state index in [-0.39, 0.29) is 0 Å². The zero-order valence-corrected chi connectivity index (χ0v) is 9.14. The highest BCUT2D eigenvalue weighted by molar-refractivity contribution is 5.78. The summed E-state index contributed by atoms with van der Waals surface area (Å²) in [4.78, 5) is 11.4. The van der Waals surface area contributed by atoms with Gasteiger partial charge in [-0.1, -0.05) is 30.3 Å². The maximum atomic E-state index is 11.4. The first kappa shape index (κ1) is 10.9. The van der Waals surface area contributed by atoms with Crippen LogP contribution in [0.4, 0.5) is 4.79 Å². The van der Waals surface area contributed by atoms with Crippen LogP contribution in [-0.4, -0.2) is 26.9 Å². The van der Waals surface area contributed by atoms with Crippen molar-refractivity contribution < 1.29 is 15.1 Å². The van der Waals surface area contributed by atoms with E-state index in [0.717, 1.165) is 0 Å². The molecule has 1 saturated heterocycles. The highest BCUT2D eigenvalue weighted by atomic mass is 16.5. The van der Waals surface area contributed by atoms with Gasteiger partial charge in [-0.3, -0.25) is 5.21 Å². The van der Waals surface area contributed by atoms with E-state index in [1.165, 1.54) is 0 Å². The zero-order valence-electron chi connectivity index (χ0n) is 9.14. The van der Waals surface area contributed by atoms with E-state index < -0.39 is 17.3 Å². The van der Waals surface area contributed by atoms with E-state index >= 15 is 0 Å². The largest absolute Gasteiger partial charge is 0.365 e. The summed E-state index contributed by atoms with van der Waals surface area (Å²) in [7, 11) is 0. The van der Waals surface area contributed by atoms with Crippen LogP contribution in [0.25, 0.3) is 0 Å². The molecular weight excluding hydrogens is 208 g/mol. The number of nitrogens with zero attached hydrogens (tertiary/aromatic N) is 1. The molecule has 16 heavy (non-hydrogen) atoms. The number of benzene rings is 1. The van der Waals surface area contributed by atoms with Gasteiger partial charge in [0.25, 0.3) is 0 Å². The molecule has 1 heterocycles. The fourth-order valence-electron chi connectivity index (χ4n) is 1.87. The number of hydroxylamine groups is 2. The van der Waals surface area contributed by atoms with Gasteiger partial charge in [0.05, 0.1) is 0 Å². The van der Waals surface area contributed by atoms with Gasteiger partial charge in [-0.15, -0.1) is 0 Å². The summed E-state index contributed by atoms with van der Waals surface area (Å²) >= 11 is 0. The molecule has 1 aromatic carbocycles. The van der Waals surface area contributed by atoms with Gasteiger partial charge in [0.2, 0.25) is 0 Å². The molecule has 1 aliphatic heterocycles. The topological polar surface area (TPSA) is 72.8 Å². The minimum absolute atomic E-state index is 0.514. The van der Waals surface area contributed by atoms with Crippen LogP contribution in [0.3, 0.4) is 0 Å². The lowest BCUT2D eigenvalue weighted by Crippen LogP contribution is -2.54. The molecule has 2 amide bonds. The Balaban J connectivity index is 2.51. The van der Waals surface area contributed by atoms with Gasteiger partial charge in [0.1, 0.15) is 5.54 Å². The molecule has 86 valence electrons. The first-order valence-electron chi connectivity index (χ1n) is 4.99. The lowest BCUT2D eigenvalue weighted by molar-refractivity contribution is -0.163. The molecule has 3 N–H and O–H groups in total. The Hall–Kier alpha value is -1.59. The van der Waals surface area contributed by atoms with Crippen molar-refractivity contribution in [3.8, 4) is 0 Å². The second kappa shape index (κ2) is 3.20. The van der Waals surface area contributed by atoms with Crippen LogP contribution in [0.1, 0.15) is 19.4 Å². The van der Waals surface area contributed by atoms with Crippen molar-refractivity contribution in [1.29, 1.82) is 0 Å². The molecule has 5 nitrogen and oxygen atoms in total. The van der Waals surface area contributed by atoms with Gasteiger partial charge in [0, 0.05) is 5.56 Å². The molecule has 1 atom stereocenters. The predicted molar refractivity (Wildman–Crippen MR) is 56.6 cm³/mol. The molecule has 1 aliphatic rings. The fraction of sp³-hybridized carbons (Fsp3) is 0.364. The van der Waals surface area contributed by atoms with Gasteiger partial charge >= 0.3 is 6.03 Å². The second-order valence-electron chi connectivity index (χ2n) is 4.38. The standard InChI is InChI=1S/C11H14N2O3/c1-10(2)11(15,12-9(14)13(10)16)8-6-4-3-5-7-8/h3-7,15-16H,1-2H3,(H,12,14). The predicted octanol–water partition coefficient (Wildman–Crippen LogP) is 1.02. The van der Waals surface area contributed by atoms with Crippen LogP contribution in [-0.2, 0) is 5.72 Å². The van der Waals surface area contributed by atoms with E-state index in [2.05, 4.69) is 5.32 Å². The lowest BCUT2D eigenvalue weighted by Gasteiger charge is -2.36. The number of nitrogens with one attached hydrogen (secondary N) is 1. The number of aliphatic hydroxyl groups is 1. The highest BCUT2D eigenvalue weighted by Crippen LogP contribution is 2.38.